The van der Waals surface area contributed by atoms with Crippen molar-refractivity contribution in [3.63, 3.8) is 0 Å². The van der Waals surface area contributed by atoms with Crippen LogP contribution >= 0.6 is 0 Å². The first-order valence-corrected chi connectivity index (χ1v) is 6.17. The topological polar surface area (TPSA) is 46.3 Å². The Labute approximate surface area is 76.8 Å². The van der Waals surface area contributed by atoms with Gasteiger partial charge in [0, 0.05) is 35.9 Å². The molecule has 1 aliphatic heterocycles. The summed E-state index contributed by atoms with van der Waals surface area (Å²) in [6.45, 7) is 4.20. The van der Waals surface area contributed by atoms with Crippen LogP contribution in [0, 0.1) is 5.92 Å². The van der Waals surface area contributed by atoms with Gasteiger partial charge in [-0.05, 0) is 25.4 Å². The van der Waals surface area contributed by atoms with Crippen molar-refractivity contribution in [2.45, 2.75) is 6.42 Å². The van der Waals surface area contributed by atoms with E-state index in [2.05, 4.69) is 4.90 Å². The molecule has 1 atom stereocenters. The Morgan fingerprint density at radius 1 is 1.58 bits per heavy atom. The monoisotopic (exact) mass is 190 g/mol. The van der Waals surface area contributed by atoms with Crippen LogP contribution in [0.15, 0.2) is 0 Å². The summed E-state index contributed by atoms with van der Waals surface area (Å²) in [4.78, 5) is 2.38. The lowest BCUT2D eigenvalue weighted by Crippen LogP contribution is -2.50. The van der Waals surface area contributed by atoms with Crippen molar-refractivity contribution in [1.29, 1.82) is 0 Å². The van der Waals surface area contributed by atoms with Gasteiger partial charge in [-0.25, -0.2) is 0 Å². The molecule has 0 spiro atoms. The summed E-state index contributed by atoms with van der Waals surface area (Å²) in [5.74, 6) is 1.56. The number of nitrogens with zero attached hydrogens (tertiary/aromatic N) is 1. The maximum Gasteiger partial charge on any atom is 0.0244 e. The quantitative estimate of drug-likeness (QED) is 0.644. The van der Waals surface area contributed by atoms with Crippen molar-refractivity contribution < 1.29 is 4.21 Å². The summed E-state index contributed by atoms with van der Waals surface area (Å²) in [6.07, 6.45) is 2.82. The molecular formula is C8H18N2OS. The molecule has 1 fully saturated rings. The molecule has 0 aliphatic carbocycles. The molecule has 4 heteroatoms. The summed E-state index contributed by atoms with van der Waals surface area (Å²) in [5.41, 5.74) is 5.50. The van der Waals surface area contributed by atoms with Crippen molar-refractivity contribution in [3.05, 3.63) is 0 Å². The molecule has 72 valence electrons. The second-order valence-corrected chi connectivity index (χ2v) is 5.05. The fraction of sp³-hybridized carbons (Fsp3) is 1.00. The van der Waals surface area contributed by atoms with Gasteiger partial charge in [0.15, 0.2) is 0 Å². The third-order valence-corrected chi connectivity index (χ3v) is 3.14. The third kappa shape index (κ3) is 3.21. The van der Waals surface area contributed by atoms with Crippen molar-refractivity contribution in [1.82, 2.24) is 4.90 Å². The Balaban J connectivity index is 1.93. The molecule has 1 unspecified atom stereocenters. The van der Waals surface area contributed by atoms with Gasteiger partial charge in [-0.2, -0.15) is 0 Å². The van der Waals surface area contributed by atoms with Gasteiger partial charge in [0.2, 0.25) is 0 Å². The van der Waals surface area contributed by atoms with Crippen LogP contribution in [-0.4, -0.2) is 47.3 Å². The first kappa shape index (κ1) is 10.2. The van der Waals surface area contributed by atoms with Crippen molar-refractivity contribution in [2.75, 3.05) is 38.2 Å². The highest BCUT2D eigenvalue weighted by Gasteiger charge is 2.24. The minimum atomic E-state index is -0.622. The van der Waals surface area contributed by atoms with Gasteiger partial charge in [0.05, 0.1) is 0 Å². The predicted octanol–water partition coefficient (Wildman–Crippen LogP) is -0.354. The number of nitrogens with two attached hydrogens (primary N) is 1. The van der Waals surface area contributed by atoms with E-state index in [1.807, 2.05) is 0 Å². The van der Waals surface area contributed by atoms with Crippen LogP contribution in [0.25, 0.3) is 0 Å². The Morgan fingerprint density at radius 2 is 2.25 bits per heavy atom. The predicted molar refractivity (Wildman–Crippen MR) is 52.5 cm³/mol. The van der Waals surface area contributed by atoms with Gasteiger partial charge >= 0.3 is 0 Å². The molecular weight excluding hydrogens is 172 g/mol. The van der Waals surface area contributed by atoms with E-state index < -0.39 is 10.8 Å². The highest BCUT2D eigenvalue weighted by molar-refractivity contribution is 7.84. The van der Waals surface area contributed by atoms with Crippen LogP contribution in [0.4, 0.5) is 0 Å². The molecule has 0 bridgehead atoms. The van der Waals surface area contributed by atoms with Gasteiger partial charge in [0.25, 0.3) is 0 Å². The van der Waals surface area contributed by atoms with Gasteiger partial charge in [-0.15, -0.1) is 0 Å². The van der Waals surface area contributed by atoms with Crippen LogP contribution in [0.3, 0.4) is 0 Å². The maximum atomic E-state index is 10.7. The fourth-order valence-corrected chi connectivity index (χ4v) is 2.04. The molecule has 1 saturated heterocycles. The molecule has 1 aliphatic rings. The summed E-state index contributed by atoms with van der Waals surface area (Å²) in [7, 11) is -0.622. The Morgan fingerprint density at radius 3 is 2.75 bits per heavy atom. The van der Waals surface area contributed by atoms with Crippen LogP contribution in [-0.2, 0) is 10.8 Å². The first-order valence-electron chi connectivity index (χ1n) is 4.45. The van der Waals surface area contributed by atoms with E-state index in [0.717, 1.165) is 44.3 Å². The molecule has 0 saturated carbocycles. The maximum absolute atomic E-state index is 10.7. The molecule has 0 radical (unpaired) electrons. The molecule has 0 amide bonds. The Kier molecular flexibility index (Phi) is 4.18. The minimum absolute atomic E-state index is 0.622. The summed E-state index contributed by atoms with van der Waals surface area (Å²) in [5, 5.41) is 0. The van der Waals surface area contributed by atoms with Gasteiger partial charge in [-0.1, -0.05) is 0 Å². The number of hydrogen-bond acceptors (Lipinski definition) is 3. The van der Waals surface area contributed by atoms with E-state index >= 15 is 0 Å². The number of likely N-dealkylation sites (tertiary alicyclic amines) is 1. The highest BCUT2D eigenvalue weighted by atomic mass is 32.2. The van der Waals surface area contributed by atoms with Crippen molar-refractivity contribution >= 4 is 10.8 Å². The molecule has 1 heterocycles. The molecule has 0 aromatic heterocycles. The SMILES string of the molecule is CS(=O)CCCN1CC(CN)C1. The van der Waals surface area contributed by atoms with E-state index in [0.29, 0.717) is 0 Å². The molecule has 1 rings (SSSR count). The molecule has 3 nitrogen and oxygen atoms in total. The second-order valence-electron chi connectivity index (χ2n) is 3.49. The lowest BCUT2D eigenvalue weighted by Gasteiger charge is -2.38. The Hall–Kier alpha value is 0.0700. The fourth-order valence-electron chi connectivity index (χ4n) is 1.50. The van der Waals surface area contributed by atoms with Crippen LogP contribution in [0.5, 0.6) is 0 Å². The molecule has 0 aromatic rings. The normalized spacial score (nSPS) is 22.2. The summed E-state index contributed by atoms with van der Waals surface area (Å²) in [6, 6.07) is 0. The van der Waals surface area contributed by atoms with E-state index in [9.17, 15) is 4.21 Å². The lowest BCUT2D eigenvalue weighted by molar-refractivity contribution is 0.107. The standard InChI is InChI=1S/C8H18N2OS/c1-12(11)4-2-3-10-6-8(5-9)7-10/h8H,2-7,9H2,1H3. The van der Waals surface area contributed by atoms with Gasteiger partial charge in [0.1, 0.15) is 0 Å². The minimum Gasteiger partial charge on any atom is -0.330 e. The third-order valence-electron chi connectivity index (χ3n) is 2.27. The van der Waals surface area contributed by atoms with Gasteiger partial charge in [-0.3, -0.25) is 4.21 Å². The number of hydrogen-bond donors (Lipinski definition) is 1. The van der Waals surface area contributed by atoms with Crippen LogP contribution in [0.2, 0.25) is 0 Å². The smallest absolute Gasteiger partial charge is 0.0244 e. The molecule has 12 heavy (non-hydrogen) atoms. The summed E-state index contributed by atoms with van der Waals surface area (Å²) < 4.78 is 10.7. The zero-order chi connectivity index (χ0) is 8.97. The van der Waals surface area contributed by atoms with E-state index in [1.54, 1.807) is 6.26 Å². The second kappa shape index (κ2) is 4.94. The van der Waals surface area contributed by atoms with Crippen molar-refractivity contribution in [2.24, 2.45) is 11.7 Å². The zero-order valence-corrected chi connectivity index (χ0v) is 8.48. The highest BCUT2D eigenvalue weighted by Crippen LogP contribution is 2.13. The Bertz CT molecular complexity index is 157. The largest absolute Gasteiger partial charge is 0.330 e. The molecule has 2 N–H and O–H groups in total. The zero-order valence-electron chi connectivity index (χ0n) is 7.66. The summed E-state index contributed by atoms with van der Waals surface area (Å²) >= 11 is 0. The van der Waals surface area contributed by atoms with Crippen LogP contribution < -0.4 is 5.73 Å². The van der Waals surface area contributed by atoms with E-state index in [-0.39, 0.29) is 0 Å². The van der Waals surface area contributed by atoms with Crippen LogP contribution in [0.1, 0.15) is 6.42 Å². The van der Waals surface area contributed by atoms with Crippen molar-refractivity contribution in [3.8, 4) is 0 Å². The number of rotatable bonds is 5. The van der Waals surface area contributed by atoms with Gasteiger partial charge < -0.3 is 10.6 Å². The average molecular weight is 190 g/mol. The molecule has 0 aromatic carbocycles. The first-order chi connectivity index (χ1) is 5.72. The lowest BCUT2D eigenvalue weighted by atomic mass is 10.0. The van der Waals surface area contributed by atoms with E-state index in [1.165, 1.54) is 0 Å². The average Bonchev–Trinajstić information content (AvgIpc) is 1.93. The van der Waals surface area contributed by atoms with E-state index in [4.69, 9.17) is 5.73 Å².